The molecule has 8 heteroatoms. The quantitative estimate of drug-likeness (QED) is 0.148. The number of ketones is 1. The molecule has 1 amide bonds. The van der Waals surface area contributed by atoms with Crippen LogP contribution in [0.1, 0.15) is 61.2 Å². The molecule has 0 aliphatic carbocycles. The van der Waals surface area contributed by atoms with Crippen molar-refractivity contribution in [3.05, 3.63) is 81.1 Å². The van der Waals surface area contributed by atoms with Crippen LogP contribution in [0, 0.1) is 12.8 Å². The van der Waals surface area contributed by atoms with Crippen LogP contribution in [0.2, 0.25) is 0 Å². The number of carbonyl (C=O) groups excluding carboxylic acids is 2. The number of fused-ring (bicyclic) bond motifs is 1. The number of aliphatic hydroxyl groups excluding tert-OH is 1. The zero-order valence-corrected chi connectivity index (χ0v) is 23.7. The van der Waals surface area contributed by atoms with Crippen LogP contribution in [0.5, 0.6) is 5.75 Å². The summed E-state index contributed by atoms with van der Waals surface area (Å²) >= 11 is 2.81. The molecule has 6 nitrogen and oxygen atoms in total. The number of anilines is 1. The maximum atomic E-state index is 13.5. The molecule has 2 aromatic heterocycles. The molecule has 1 N–H and O–H groups in total. The van der Waals surface area contributed by atoms with Crippen LogP contribution < -0.4 is 9.64 Å². The van der Waals surface area contributed by atoms with Gasteiger partial charge in [0.05, 0.1) is 22.4 Å². The molecule has 1 fully saturated rings. The van der Waals surface area contributed by atoms with E-state index in [0.29, 0.717) is 29.1 Å². The molecule has 0 radical (unpaired) electrons. The molecule has 5 rings (SSSR count). The number of aryl methyl sites for hydroxylation is 1. The van der Waals surface area contributed by atoms with Gasteiger partial charge in [-0.15, -0.1) is 11.3 Å². The number of hydrogen-bond acceptors (Lipinski definition) is 7. The van der Waals surface area contributed by atoms with Crippen molar-refractivity contribution in [3.8, 4) is 5.75 Å². The highest BCUT2D eigenvalue weighted by Crippen LogP contribution is 2.45. The van der Waals surface area contributed by atoms with Crippen LogP contribution in [-0.4, -0.2) is 28.4 Å². The van der Waals surface area contributed by atoms with Gasteiger partial charge in [-0.05, 0) is 71.7 Å². The van der Waals surface area contributed by atoms with Crippen molar-refractivity contribution in [2.75, 3.05) is 11.5 Å². The fourth-order valence-electron chi connectivity index (χ4n) is 4.51. The first-order chi connectivity index (χ1) is 18.2. The Morgan fingerprint density at radius 3 is 2.55 bits per heavy atom. The number of benzene rings is 2. The lowest BCUT2D eigenvalue weighted by Crippen LogP contribution is -2.28. The highest BCUT2D eigenvalue weighted by molar-refractivity contribution is 7.22. The van der Waals surface area contributed by atoms with E-state index in [1.165, 1.54) is 33.1 Å². The SMILES string of the molecule is Cc1cc(/C(O)=C2\C(=O)C(=O)N(c3nc4ccc(C(C)C)cc4s3)C2c2cccs2)ccc1OCC(C)C. The number of nitrogens with zero attached hydrogens (tertiary/aromatic N) is 2. The summed E-state index contributed by atoms with van der Waals surface area (Å²) in [6.45, 7) is 10.9. The van der Waals surface area contributed by atoms with Crippen LogP contribution in [-0.2, 0) is 9.59 Å². The molecular formula is C30H30N2O4S2. The molecule has 4 aromatic rings. The average molecular weight is 547 g/mol. The van der Waals surface area contributed by atoms with Crippen molar-refractivity contribution in [2.24, 2.45) is 5.92 Å². The third-order valence-corrected chi connectivity index (χ3v) is 8.49. The van der Waals surface area contributed by atoms with Crippen molar-refractivity contribution in [3.63, 3.8) is 0 Å². The maximum Gasteiger partial charge on any atom is 0.301 e. The predicted octanol–water partition coefficient (Wildman–Crippen LogP) is 7.45. The molecular weight excluding hydrogens is 516 g/mol. The molecule has 0 saturated carbocycles. The monoisotopic (exact) mass is 546 g/mol. The fraction of sp³-hybridized carbons (Fsp3) is 0.300. The summed E-state index contributed by atoms with van der Waals surface area (Å²) in [5.74, 6) is -0.158. The lowest BCUT2D eigenvalue weighted by atomic mass is 9.99. The zero-order valence-electron chi connectivity index (χ0n) is 22.0. The minimum atomic E-state index is -0.766. The van der Waals surface area contributed by atoms with Crippen molar-refractivity contribution in [2.45, 2.75) is 46.6 Å². The Balaban J connectivity index is 1.60. The van der Waals surface area contributed by atoms with Gasteiger partial charge in [-0.25, -0.2) is 4.98 Å². The van der Waals surface area contributed by atoms with Crippen LogP contribution in [0.3, 0.4) is 0 Å². The number of amides is 1. The number of Topliss-reactive ketones (excluding diaryl/α,β-unsaturated/α-hetero) is 1. The van der Waals surface area contributed by atoms with Gasteiger partial charge in [0, 0.05) is 10.4 Å². The molecule has 0 spiro atoms. The topological polar surface area (TPSA) is 79.7 Å². The molecule has 1 unspecified atom stereocenters. The molecule has 38 heavy (non-hydrogen) atoms. The second-order valence-corrected chi connectivity index (χ2v) is 12.2. The van der Waals surface area contributed by atoms with Crippen LogP contribution >= 0.6 is 22.7 Å². The maximum absolute atomic E-state index is 13.5. The van der Waals surface area contributed by atoms with E-state index in [0.717, 1.165) is 26.4 Å². The molecule has 1 aliphatic heterocycles. The first kappa shape index (κ1) is 26.1. The Morgan fingerprint density at radius 2 is 1.89 bits per heavy atom. The summed E-state index contributed by atoms with van der Waals surface area (Å²) in [6, 6.07) is 14.4. The highest BCUT2D eigenvalue weighted by Gasteiger charge is 2.48. The Labute approximate surface area is 230 Å². The van der Waals surface area contributed by atoms with Gasteiger partial charge in [0.2, 0.25) is 0 Å². The summed E-state index contributed by atoms with van der Waals surface area (Å²) in [7, 11) is 0. The molecule has 1 atom stereocenters. The van der Waals surface area contributed by atoms with Gasteiger partial charge >= 0.3 is 5.91 Å². The lowest BCUT2D eigenvalue weighted by molar-refractivity contribution is -0.132. The largest absolute Gasteiger partial charge is 0.507 e. The van der Waals surface area contributed by atoms with E-state index < -0.39 is 17.7 Å². The van der Waals surface area contributed by atoms with Gasteiger partial charge in [-0.1, -0.05) is 51.2 Å². The second-order valence-electron chi connectivity index (χ2n) is 10.2. The standard InChI is InChI=1S/C30H30N2O4S2/c1-16(2)15-36-22-11-9-20(13-18(22)5)27(33)25-26(23-7-6-12-37-23)32(29(35)28(25)34)30-31-21-10-8-19(17(3)4)14-24(21)38-30/h6-14,16-17,26,33H,15H2,1-5H3/b27-25+. The van der Waals surface area contributed by atoms with E-state index >= 15 is 0 Å². The van der Waals surface area contributed by atoms with Gasteiger partial charge in [0.25, 0.3) is 5.78 Å². The summed E-state index contributed by atoms with van der Waals surface area (Å²) in [5, 5.41) is 13.8. The fourth-order valence-corrected chi connectivity index (χ4v) is 6.37. The number of rotatable bonds is 7. The van der Waals surface area contributed by atoms with E-state index in [-0.39, 0.29) is 11.3 Å². The van der Waals surface area contributed by atoms with Gasteiger partial charge in [0.15, 0.2) is 5.13 Å². The number of thiophene rings is 1. The summed E-state index contributed by atoms with van der Waals surface area (Å²) in [6.07, 6.45) is 0. The van der Waals surface area contributed by atoms with Crippen LogP contribution in [0.4, 0.5) is 5.13 Å². The number of ether oxygens (including phenoxy) is 1. The third-order valence-electron chi connectivity index (χ3n) is 6.55. The van der Waals surface area contributed by atoms with Crippen molar-refractivity contribution < 1.29 is 19.4 Å². The first-order valence-corrected chi connectivity index (χ1v) is 14.3. The van der Waals surface area contributed by atoms with Crippen molar-refractivity contribution >= 4 is 55.5 Å². The number of hydrogen-bond donors (Lipinski definition) is 1. The second kappa shape index (κ2) is 10.3. The zero-order chi connectivity index (χ0) is 27.1. The number of aromatic nitrogens is 1. The Kier molecular flexibility index (Phi) is 7.11. The number of thiazole rings is 1. The van der Waals surface area contributed by atoms with Crippen molar-refractivity contribution in [1.82, 2.24) is 4.98 Å². The third kappa shape index (κ3) is 4.74. The van der Waals surface area contributed by atoms with E-state index in [2.05, 4.69) is 33.8 Å². The average Bonchev–Trinajstić information content (AvgIpc) is 3.61. The van der Waals surface area contributed by atoms with Crippen LogP contribution in [0.15, 0.2) is 59.5 Å². The minimum Gasteiger partial charge on any atom is -0.507 e. The highest BCUT2D eigenvalue weighted by atomic mass is 32.1. The molecule has 3 heterocycles. The van der Waals surface area contributed by atoms with Gasteiger partial charge < -0.3 is 9.84 Å². The summed E-state index contributed by atoms with van der Waals surface area (Å²) in [5.41, 5.74) is 3.32. The van der Waals surface area contributed by atoms with E-state index in [1.54, 1.807) is 18.2 Å². The summed E-state index contributed by atoms with van der Waals surface area (Å²) in [4.78, 5) is 33.8. The van der Waals surface area contributed by atoms with E-state index in [9.17, 15) is 14.7 Å². The smallest absolute Gasteiger partial charge is 0.301 e. The number of aliphatic hydroxyl groups is 1. The minimum absolute atomic E-state index is 0.0647. The van der Waals surface area contributed by atoms with E-state index in [4.69, 9.17) is 9.72 Å². The predicted molar refractivity (Wildman–Crippen MR) is 154 cm³/mol. The molecule has 2 aromatic carbocycles. The first-order valence-electron chi connectivity index (χ1n) is 12.6. The van der Waals surface area contributed by atoms with E-state index in [1.807, 2.05) is 36.6 Å². The van der Waals surface area contributed by atoms with Gasteiger partial charge in [-0.2, -0.15) is 0 Å². The van der Waals surface area contributed by atoms with Gasteiger partial charge in [-0.3, -0.25) is 14.5 Å². The van der Waals surface area contributed by atoms with Gasteiger partial charge in [0.1, 0.15) is 17.6 Å². The molecule has 196 valence electrons. The number of carbonyl (C=O) groups is 2. The molecule has 1 aliphatic rings. The molecule has 1 saturated heterocycles. The Hall–Kier alpha value is -3.49. The Bertz CT molecular complexity index is 1550. The Morgan fingerprint density at radius 1 is 1.11 bits per heavy atom. The normalized spacial score (nSPS) is 17.3. The van der Waals surface area contributed by atoms with Crippen molar-refractivity contribution in [1.29, 1.82) is 0 Å². The molecule has 0 bridgehead atoms. The van der Waals surface area contributed by atoms with Crippen LogP contribution in [0.25, 0.3) is 16.0 Å². The lowest BCUT2D eigenvalue weighted by Gasteiger charge is -2.21. The summed E-state index contributed by atoms with van der Waals surface area (Å²) < 4.78 is 6.82.